The van der Waals surface area contributed by atoms with E-state index in [1.807, 2.05) is 0 Å². The summed E-state index contributed by atoms with van der Waals surface area (Å²) in [5.41, 5.74) is 1.03. The van der Waals surface area contributed by atoms with E-state index in [0.717, 1.165) is 36.8 Å². The van der Waals surface area contributed by atoms with Crippen molar-refractivity contribution in [2.45, 2.75) is 49.9 Å². The Morgan fingerprint density at radius 1 is 1.35 bits per heavy atom. The maximum absolute atomic E-state index is 11.8. The fraction of sp³-hybridized carbons (Fsp3) is 0.769. The number of esters is 1. The molecule has 2 saturated carbocycles. The van der Waals surface area contributed by atoms with Gasteiger partial charge < -0.3 is 14.9 Å². The summed E-state index contributed by atoms with van der Waals surface area (Å²) in [6, 6.07) is 0. The molecule has 4 nitrogen and oxygen atoms in total. The van der Waals surface area contributed by atoms with E-state index in [0.29, 0.717) is 6.42 Å². The third-order valence-corrected chi connectivity index (χ3v) is 5.11. The van der Waals surface area contributed by atoms with Crippen molar-refractivity contribution in [2.24, 2.45) is 11.8 Å². The summed E-state index contributed by atoms with van der Waals surface area (Å²) in [5.74, 6) is -0.580. The lowest BCUT2D eigenvalue weighted by atomic mass is 9.69. The Kier molecular flexibility index (Phi) is 1.74. The summed E-state index contributed by atoms with van der Waals surface area (Å²) in [4.78, 5) is 11.8. The smallest absolute Gasteiger partial charge is 0.310 e. The molecule has 1 saturated heterocycles. The van der Waals surface area contributed by atoms with Crippen molar-refractivity contribution in [2.75, 3.05) is 0 Å². The molecular formula is C13H16O4. The molecule has 5 atom stereocenters. The molecule has 0 aromatic heterocycles. The summed E-state index contributed by atoms with van der Waals surface area (Å²) in [7, 11) is 0. The molecular weight excluding hydrogens is 220 g/mol. The van der Waals surface area contributed by atoms with Crippen LogP contribution >= 0.6 is 0 Å². The van der Waals surface area contributed by atoms with E-state index < -0.39 is 11.7 Å². The number of aliphatic hydroxyl groups is 2. The summed E-state index contributed by atoms with van der Waals surface area (Å²) in [6.07, 6.45) is 3.06. The molecule has 4 heteroatoms. The van der Waals surface area contributed by atoms with Gasteiger partial charge in [-0.1, -0.05) is 5.57 Å². The van der Waals surface area contributed by atoms with E-state index >= 15 is 0 Å². The molecule has 4 aliphatic rings. The summed E-state index contributed by atoms with van der Waals surface area (Å²) in [6.45, 7) is 0. The van der Waals surface area contributed by atoms with Crippen LogP contribution in [-0.2, 0) is 9.53 Å². The van der Waals surface area contributed by atoms with Crippen molar-refractivity contribution in [3.8, 4) is 0 Å². The zero-order valence-electron chi connectivity index (χ0n) is 9.56. The average molecular weight is 236 g/mol. The van der Waals surface area contributed by atoms with Crippen LogP contribution in [0.2, 0.25) is 0 Å². The molecule has 17 heavy (non-hydrogen) atoms. The molecule has 1 aliphatic heterocycles. The van der Waals surface area contributed by atoms with E-state index in [1.165, 1.54) is 0 Å². The van der Waals surface area contributed by atoms with Gasteiger partial charge in [0.1, 0.15) is 17.8 Å². The predicted octanol–water partition coefficient (Wildman–Crippen LogP) is 0.524. The maximum atomic E-state index is 11.8. The van der Waals surface area contributed by atoms with Crippen molar-refractivity contribution in [3.05, 3.63) is 11.1 Å². The lowest BCUT2D eigenvalue weighted by Crippen LogP contribution is -2.50. The summed E-state index contributed by atoms with van der Waals surface area (Å²) >= 11 is 0. The Bertz CT molecular complexity index is 441. The van der Waals surface area contributed by atoms with Crippen LogP contribution in [0.25, 0.3) is 0 Å². The van der Waals surface area contributed by atoms with Crippen LogP contribution in [0, 0.1) is 11.8 Å². The van der Waals surface area contributed by atoms with E-state index in [4.69, 9.17) is 4.74 Å². The quantitative estimate of drug-likeness (QED) is 0.475. The highest BCUT2D eigenvalue weighted by Gasteiger charge is 2.62. The minimum absolute atomic E-state index is 0.0126. The van der Waals surface area contributed by atoms with Crippen molar-refractivity contribution in [1.82, 2.24) is 0 Å². The molecule has 0 radical (unpaired) electrons. The predicted molar refractivity (Wildman–Crippen MR) is 57.9 cm³/mol. The summed E-state index contributed by atoms with van der Waals surface area (Å²) in [5, 5.41) is 21.0. The van der Waals surface area contributed by atoms with Crippen LogP contribution < -0.4 is 0 Å². The van der Waals surface area contributed by atoms with Gasteiger partial charge in [0.05, 0.1) is 5.92 Å². The van der Waals surface area contributed by atoms with Crippen molar-refractivity contribution in [3.63, 3.8) is 0 Å². The minimum Gasteiger partial charge on any atom is -0.462 e. The standard InChI is InChI=1S/C13H16O4/c14-11-7-2-1-3-13(11,16)10-8(7)4-6-5-9(10)12(15)17-6/h6,9-11,14,16H,1-5H2. The number of carbonyl (C=O) groups is 1. The number of rotatable bonds is 0. The second-order valence-corrected chi connectivity index (χ2v) is 5.88. The largest absolute Gasteiger partial charge is 0.462 e. The van der Waals surface area contributed by atoms with Crippen LogP contribution in [0.3, 0.4) is 0 Å². The van der Waals surface area contributed by atoms with Gasteiger partial charge in [-0.05, 0) is 31.3 Å². The van der Waals surface area contributed by atoms with E-state index in [2.05, 4.69) is 0 Å². The SMILES string of the molecule is O=C1OC2CC3=C4CCCC(O)(C4O)C3C1C2. The number of carbonyl (C=O) groups excluding carboxylic acids is 1. The monoisotopic (exact) mass is 236 g/mol. The number of fused-ring (bicyclic) bond motifs is 7. The van der Waals surface area contributed by atoms with Gasteiger partial charge >= 0.3 is 5.97 Å². The van der Waals surface area contributed by atoms with Gasteiger partial charge in [0, 0.05) is 12.3 Å². The van der Waals surface area contributed by atoms with E-state index in [9.17, 15) is 15.0 Å². The Morgan fingerprint density at radius 3 is 3.00 bits per heavy atom. The second kappa shape index (κ2) is 2.93. The Morgan fingerprint density at radius 2 is 2.18 bits per heavy atom. The summed E-state index contributed by atoms with van der Waals surface area (Å²) < 4.78 is 5.30. The number of hydrogen-bond donors (Lipinski definition) is 2. The van der Waals surface area contributed by atoms with Crippen molar-refractivity contribution >= 4 is 5.97 Å². The Balaban J connectivity index is 1.88. The van der Waals surface area contributed by atoms with Crippen molar-refractivity contribution < 1.29 is 19.7 Å². The highest BCUT2D eigenvalue weighted by Crippen LogP contribution is 2.58. The molecule has 3 fully saturated rings. The highest BCUT2D eigenvalue weighted by atomic mass is 16.6. The van der Waals surface area contributed by atoms with Gasteiger partial charge in [0.2, 0.25) is 0 Å². The number of aliphatic hydroxyl groups excluding tert-OH is 1. The molecule has 4 rings (SSSR count). The fourth-order valence-corrected chi connectivity index (χ4v) is 4.47. The van der Waals surface area contributed by atoms with Crippen LogP contribution in [0.1, 0.15) is 32.1 Å². The Labute approximate surface area is 99.3 Å². The molecule has 0 aromatic carbocycles. The van der Waals surface area contributed by atoms with Gasteiger partial charge in [-0.3, -0.25) is 4.79 Å². The fourth-order valence-electron chi connectivity index (χ4n) is 4.47. The number of hydrogen-bond acceptors (Lipinski definition) is 4. The van der Waals surface area contributed by atoms with Crippen LogP contribution in [0.15, 0.2) is 11.1 Å². The first-order chi connectivity index (χ1) is 8.11. The van der Waals surface area contributed by atoms with Gasteiger partial charge in [-0.25, -0.2) is 0 Å². The molecule has 2 N–H and O–H groups in total. The first kappa shape index (κ1) is 10.1. The molecule has 4 bridgehead atoms. The molecule has 0 amide bonds. The molecule has 0 spiro atoms. The van der Waals surface area contributed by atoms with Crippen LogP contribution in [0.5, 0.6) is 0 Å². The molecule has 3 aliphatic carbocycles. The van der Waals surface area contributed by atoms with Gasteiger partial charge in [0.25, 0.3) is 0 Å². The highest BCUT2D eigenvalue weighted by molar-refractivity contribution is 5.77. The molecule has 0 aromatic rings. The van der Waals surface area contributed by atoms with Gasteiger partial charge in [-0.15, -0.1) is 0 Å². The lowest BCUT2D eigenvalue weighted by Gasteiger charge is -2.39. The maximum Gasteiger partial charge on any atom is 0.310 e. The topological polar surface area (TPSA) is 66.8 Å². The van der Waals surface area contributed by atoms with E-state index in [-0.39, 0.29) is 23.9 Å². The van der Waals surface area contributed by atoms with Gasteiger partial charge in [0.15, 0.2) is 0 Å². The van der Waals surface area contributed by atoms with Crippen LogP contribution in [-0.4, -0.2) is 34.0 Å². The third kappa shape index (κ3) is 1.04. The zero-order valence-corrected chi connectivity index (χ0v) is 9.56. The molecule has 1 heterocycles. The van der Waals surface area contributed by atoms with E-state index in [1.54, 1.807) is 0 Å². The minimum atomic E-state index is -1.10. The lowest BCUT2D eigenvalue weighted by molar-refractivity contribution is -0.149. The van der Waals surface area contributed by atoms with Crippen molar-refractivity contribution in [1.29, 1.82) is 0 Å². The first-order valence-corrected chi connectivity index (χ1v) is 6.44. The second-order valence-electron chi connectivity index (χ2n) is 5.88. The first-order valence-electron chi connectivity index (χ1n) is 6.44. The normalized spacial score (nSPS) is 51.5. The number of ether oxygens (including phenoxy) is 1. The average Bonchev–Trinajstić information content (AvgIpc) is 2.61. The zero-order chi connectivity index (χ0) is 11.8. The third-order valence-electron chi connectivity index (χ3n) is 5.11. The molecule has 92 valence electrons. The molecule has 5 unspecified atom stereocenters. The Hall–Kier alpha value is -0.870. The van der Waals surface area contributed by atoms with Crippen LogP contribution in [0.4, 0.5) is 0 Å². The van der Waals surface area contributed by atoms with Gasteiger partial charge in [-0.2, -0.15) is 0 Å².